The third-order valence-corrected chi connectivity index (χ3v) is 3.68. The second kappa shape index (κ2) is 6.44. The number of nitrogens with zero attached hydrogens (tertiary/aromatic N) is 4. The predicted octanol–water partition coefficient (Wildman–Crippen LogP) is 4.03. The molecule has 0 atom stereocenters. The molecule has 0 bridgehead atoms. The monoisotopic (exact) mass is 306 g/mol. The number of benzene rings is 2. The van der Waals surface area contributed by atoms with Crippen LogP contribution in [0.4, 0.5) is 0 Å². The molecule has 0 N–H and O–H groups in total. The van der Waals surface area contributed by atoms with Crippen LogP contribution in [-0.2, 0) is 0 Å². The van der Waals surface area contributed by atoms with Gasteiger partial charge in [-0.3, -0.25) is 4.98 Å². The average Bonchev–Trinajstić information content (AvgIpc) is 2.67. The van der Waals surface area contributed by atoms with Gasteiger partial charge in [0.2, 0.25) is 0 Å². The third-order valence-electron chi connectivity index (χ3n) is 3.68. The molecule has 0 saturated heterocycles. The lowest BCUT2D eigenvalue weighted by molar-refractivity contribution is 1.33. The Morgan fingerprint density at radius 2 is 1.50 bits per heavy atom. The van der Waals surface area contributed by atoms with Crippen molar-refractivity contribution in [1.82, 2.24) is 4.98 Å². The van der Waals surface area contributed by atoms with E-state index in [0.717, 1.165) is 16.8 Å². The number of hydrogen-bond acceptors (Lipinski definition) is 4. The van der Waals surface area contributed by atoms with Gasteiger partial charge in [0.1, 0.15) is 18.2 Å². The summed E-state index contributed by atoms with van der Waals surface area (Å²) in [6, 6.07) is 22.5. The number of hydrogen-bond donors (Lipinski definition) is 0. The molecule has 0 radical (unpaired) electrons. The van der Waals surface area contributed by atoms with Gasteiger partial charge in [-0.1, -0.05) is 30.3 Å². The average molecular weight is 306 g/mol. The van der Waals surface area contributed by atoms with Crippen molar-refractivity contribution in [2.75, 3.05) is 0 Å². The van der Waals surface area contributed by atoms with Gasteiger partial charge in [0, 0.05) is 17.3 Å². The van der Waals surface area contributed by atoms with Gasteiger partial charge in [-0.05, 0) is 29.8 Å². The molecule has 4 nitrogen and oxygen atoms in total. The lowest BCUT2D eigenvalue weighted by Gasteiger charge is -2.09. The Hall–Kier alpha value is -3.94. The zero-order valence-corrected chi connectivity index (χ0v) is 12.6. The topological polar surface area (TPSA) is 84.3 Å². The van der Waals surface area contributed by atoms with Crippen LogP contribution < -0.4 is 0 Å². The molecule has 0 saturated carbocycles. The van der Waals surface area contributed by atoms with Crippen molar-refractivity contribution in [3.05, 3.63) is 77.5 Å². The van der Waals surface area contributed by atoms with Crippen LogP contribution >= 0.6 is 0 Å². The number of pyridine rings is 1. The minimum Gasteiger partial charge on any atom is -0.256 e. The fraction of sp³-hybridized carbons (Fsp3) is 0. The van der Waals surface area contributed by atoms with Crippen molar-refractivity contribution in [2.45, 2.75) is 0 Å². The molecule has 0 unspecified atom stereocenters. The standard InChI is InChI=1S/C20H10N4/c21-11-16-7-8-17(19(13-23)18(16)12-22)14-4-3-5-15(10-14)20-6-1-2-9-24-20/h1-10H. The highest BCUT2D eigenvalue weighted by Crippen LogP contribution is 2.30. The van der Waals surface area contributed by atoms with Crippen molar-refractivity contribution in [3.63, 3.8) is 0 Å². The van der Waals surface area contributed by atoms with E-state index in [2.05, 4.69) is 11.1 Å². The normalized spacial score (nSPS) is 9.54. The maximum atomic E-state index is 9.48. The van der Waals surface area contributed by atoms with Crippen LogP contribution in [-0.4, -0.2) is 4.98 Å². The molecule has 110 valence electrons. The summed E-state index contributed by atoms with van der Waals surface area (Å²) in [5, 5.41) is 27.9. The Morgan fingerprint density at radius 1 is 0.708 bits per heavy atom. The predicted molar refractivity (Wildman–Crippen MR) is 89.3 cm³/mol. The molecule has 0 aliphatic rings. The van der Waals surface area contributed by atoms with Crippen LogP contribution in [0.15, 0.2) is 60.8 Å². The molecule has 4 heteroatoms. The largest absolute Gasteiger partial charge is 0.256 e. The molecule has 0 aliphatic heterocycles. The lowest BCUT2D eigenvalue weighted by atomic mass is 9.92. The van der Waals surface area contributed by atoms with Crippen LogP contribution in [0.3, 0.4) is 0 Å². The van der Waals surface area contributed by atoms with Crippen molar-refractivity contribution in [2.24, 2.45) is 0 Å². The fourth-order valence-electron chi connectivity index (χ4n) is 2.55. The van der Waals surface area contributed by atoms with Gasteiger partial charge in [-0.2, -0.15) is 15.8 Å². The first-order valence-electron chi connectivity index (χ1n) is 7.17. The summed E-state index contributed by atoms with van der Waals surface area (Å²) in [6.07, 6.45) is 1.72. The van der Waals surface area contributed by atoms with E-state index in [1.165, 1.54) is 0 Å². The van der Waals surface area contributed by atoms with Crippen LogP contribution in [0.25, 0.3) is 22.4 Å². The molecule has 0 aliphatic carbocycles. The summed E-state index contributed by atoms with van der Waals surface area (Å²) in [5.41, 5.74) is 3.71. The van der Waals surface area contributed by atoms with E-state index in [4.69, 9.17) is 5.26 Å². The summed E-state index contributed by atoms with van der Waals surface area (Å²) >= 11 is 0. The first-order valence-corrected chi connectivity index (χ1v) is 7.17. The molecular formula is C20H10N4. The first-order chi connectivity index (χ1) is 11.8. The molecule has 24 heavy (non-hydrogen) atoms. The van der Waals surface area contributed by atoms with Gasteiger partial charge >= 0.3 is 0 Å². The number of nitriles is 3. The van der Waals surface area contributed by atoms with E-state index in [1.807, 2.05) is 54.6 Å². The van der Waals surface area contributed by atoms with E-state index in [-0.39, 0.29) is 16.7 Å². The van der Waals surface area contributed by atoms with Gasteiger partial charge < -0.3 is 0 Å². The molecule has 0 amide bonds. The number of rotatable bonds is 2. The zero-order valence-electron chi connectivity index (χ0n) is 12.6. The van der Waals surface area contributed by atoms with Crippen molar-refractivity contribution >= 4 is 0 Å². The van der Waals surface area contributed by atoms with E-state index < -0.39 is 0 Å². The highest BCUT2D eigenvalue weighted by molar-refractivity contribution is 5.78. The molecule has 1 aromatic heterocycles. The molecule has 3 rings (SSSR count). The maximum Gasteiger partial charge on any atom is 0.102 e. The Balaban J connectivity index is 2.20. The van der Waals surface area contributed by atoms with Crippen LogP contribution in [0, 0.1) is 34.0 Å². The van der Waals surface area contributed by atoms with Gasteiger partial charge in [0.05, 0.1) is 22.4 Å². The second-order valence-electron chi connectivity index (χ2n) is 5.04. The Morgan fingerprint density at radius 3 is 2.17 bits per heavy atom. The van der Waals surface area contributed by atoms with Crippen molar-refractivity contribution in [1.29, 1.82) is 15.8 Å². The summed E-state index contributed by atoms with van der Waals surface area (Å²) in [4.78, 5) is 4.33. The van der Waals surface area contributed by atoms with Crippen LogP contribution in [0.5, 0.6) is 0 Å². The van der Waals surface area contributed by atoms with Crippen LogP contribution in [0.1, 0.15) is 16.7 Å². The van der Waals surface area contributed by atoms with E-state index in [9.17, 15) is 10.5 Å². The number of aromatic nitrogens is 1. The quantitative estimate of drug-likeness (QED) is 0.715. The molecular weight excluding hydrogens is 296 g/mol. The molecule has 2 aromatic carbocycles. The zero-order chi connectivity index (χ0) is 16.9. The SMILES string of the molecule is N#Cc1ccc(-c2cccc(-c3ccccn3)c2)c(C#N)c1C#N. The highest BCUT2D eigenvalue weighted by Gasteiger charge is 2.14. The summed E-state index contributed by atoms with van der Waals surface area (Å²) in [5.74, 6) is 0. The van der Waals surface area contributed by atoms with E-state index in [1.54, 1.807) is 18.3 Å². The Kier molecular flexibility index (Phi) is 4.02. The maximum absolute atomic E-state index is 9.48. The minimum atomic E-state index is 0.112. The molecule has 0 spiro atoms. The van der Waals surface area contributed by atoms with Gasteiger partial charge in [-0.25, -0.2) is 0 Å². The molecule has 0 fully saturated rings. The molecule has 3 aromatic rings. The van der Waals surface area contributed by atoms with Crippen molar-refractivity contribution < 1.29 is 0 Å². The summed E-state index contributed by atoms with van der Waals surface area (Å²) in [6.45, 7) is 0. The summed E-state index contributed by atoms with van der Waals surface area (Å²) in [7, 11) is 0. The van der Waals surface area contributed by atoms with E-state index >= 15 is 0 Å². The lowest BCUT2D eigenvalue weighted by Crippen LogP contribution is -1.94. The smallest absolute Gasteiger partial charge is 0.102 e. The van der Waals surface area contributed by atoms with Crippen molar-refractivity contribution in [3.8, 4) is 40.6 Å². The molecule has 1 heterocycles. The van der Waals surface area contributed by atoms with E-state index in [0.29, 0.717) is 5.56 Å². The fourth-order valence-corrected chi connectivity index (χ4v) is 2.55. The minimum absolute atomic E-state index is 0.112. The van der Waals surface area contributed by atoms with Gasteiger partial charge in [-0.15, -0.1) is 0 Å². The second-order valence-corrected chi connectivity index (χ2v) is 5.04. The highest BCUT2D eigenvalue weighted by atomic mass is 14.7. The Labute approximate surface area is 139 Å². The third kappa shape index (κ3) is 2.59. The van der Waals surface area contributed by atoms with Crippen LogP contribution in [0.2, 0.25) is 0 Å². The summed E-state index contributed by atoms with van der Waals surface area (Å²) < 4.78 is 0. The van der Waals surface area contributed by atoms with Gasteiger partial charge in [0.25, 0.3) is 0 Å². The Bertz CT molecular complexity index is 1030. The van der Waals surface area contributed by atoms with Gasteiger partial charge in [0.15, 0.2) is 0 Å². The first kappa shape index (κ1) is 15.0.